The van der Waals surface area contributed by atoms with E-state index in [0.29, 0.717) is 0 Å². The number of rotatable bonds is 5. The smallest absolute Gasteiger partial charge is 0.192 e. The van der Waals surface area contributed by atoms with E-state index in [2.05, 4.69) is 103 Å². The lowest BCUT2D eigenvalue weighted by Crippen LogP contribution is -2.51. The minimum absolute atomic E-state index is 0.0578. The molecule has 0 unspecified atom stereocenters. The van der Waals surface area contributed by atoms with Gasteiger partial charge in [-0.1, -0.05) is 71.9 Å². The zero-order chi connectivity index (χ0) is 20.7. The molecule has 0 amide bonds. The average molecular weight is 408 g/mol. The highest BCUT2D eigenvalue weighted by atomic mass is 28.4. The van der Waals surface area contributed by atoms with Crippen LogP contribution >= 0.6 is 0 Å². The highest BCUT2D eigenvalue weighted by Gasteiger charge is 2.49. The second kappa shape index (κ2) is 7.75. The van der Waals surface area contributed by atoms with Gasteiger partial charge in [-0.2, -0.15) is 0 Å². The van der Waals surface area contributed by atoms with E-state index in [-0.39, 0.29) is 28.3 Å². The summed E-state index contributed by atoms with van der Waals surface area (Å²) in [6.45, 7) is 24.1. The number of hydrogen-bond acceptors (Lipinski definition) is 3. The molecule has 0 spiro atoms. The number of benzene rings is 1. The van der Waals surface area contributed by atoms with Crippen LogP contribution in [0.2, 0.25) is 36.3 Å². The molecule has 1 aromatic rings. The zero-order valence-corrected chi connectivity index (χ0v) is 21.1. The molecule has 5 heteroatoms. The van der Waals surface area contributed by atoms with Crippen molar-refractivity contribution in [1.82, 2.24) is 5.32 Å². The van der Waals surface area contributed by atoms with E-state index in [1.54, 1.807) is 0 Å². The maximum atomic E-state index is 6.98. The van der Waals surface area contributed by atoms with Crippen molar-refractivity contribution in [1.29, 1.82) is 0 Å². The third kappa shape index (κ3) is 5.12. The van der Waals surface area contributed by atoms with E-state index < -0.39 is 16.6 Å². The molecule has 27 heavy (non-hydrogen) atoms. The van der Waals surface area contributed by atoms with Crippen LogP contribution in [0, 0.1) is 0 Å². The summed E-state index contributed by atoms with van der Waals surface area (Å²) in [5.41, 5.74) is 1.29. The second-order valence-corrected chi connectivity index (χ2v) is 20.6. The van der Waals surface area contributed by atoms with Crippen LogP contribution in [0.4, 0.5) is 0 Å². The number of nitrogens with one attached hydrogen (secondary N) is 1. The summed E-state index contributed by atoms with van der Waals surface area (Å²) < 4.78 is 13.8. The van der Waals surface area contributed by atoms with Crippen LogP contribution < -0.4 is 5.32 Å². The maximum Gasteiger partial charge on any atom is 0.192 e. The third-order valence-electron chi connectivity index (χ3n) is 6.88. The first-order valence-electron chi connectivity index (χ1n) is 10.3. The van der Waals surface area contributed by atoms with Gasteiger partial charge in [-0.15, -0.1) is 0 Å². The summed E-state index contributed by atoms with van der Waals surface area (Å²) in [4.78, 5) is 0. The van der Waals surface area contributed by atoms with E-state index in [1.165, 1.54) is 5.56 Å². The molecule has 1 heterocycles. The highest BCUT2D eigenvalue weighted by molar-refractivity contribution is 6.74. The number of hydrogen-bond donors (Lipinski definition) is 1. The van der Waals surface area contributed by atoms with E-state index in [1.807, 2.05) is 0 Å². The Morgan fingerprint density at radius 3 is 1.78 bits per heavy atom. The van der Waals surface area contributed by atoms with Crippen LogP contribution in [0.5, 0.6) is 0 Å². The molecule has 0 radical (unpaired) electrons. The molecule has 1 aliphatic rings. The lowest BCUT2D eigenvalue weighted by Gasteiger charge is -2.44. The minimum Gasteiger partial charge on any atom is -0.410 e. The van der Waals surface area contributed by atoms with Crippen LogP contribution in [0.1, 0.15) is 53.1 Å². The summed E-state index contributed by atoms with van der Waals surface area (Å²) in [5, 5.41) is 4.09. The largest absolute Gasteiger partial charge is 0.410 e. The van der Waals surface area contributed by atoms with Crippen molar-refractivity contribution in [3.05, 3.63) is 35.9 Å². The van der Waals surface area contributed by atoms with Crippen molar-refractivity contribution >= 4 is 16.6 Å². The fourth-order valence-electron chi connectivity index (χ4n) is 2.98. The van der Waals surface area contributed by atoms with Gasteiger partial charge in [-0.3, -0.25) is 0 Å². The summed E-state index contributed by atoms with van der Waals surface area (Å²) in [6, 6.07) is 10.9. The first-order valence-corrected chi connectivity index (χ1v) is 16.1. The molecule has 1 aromatic carbocycles. The van der Waals surface area contributed by atoms with Crippen LogP contribution in [-0.4, -0.2) is 35.4 Å². The Bertz CT molecular complexity index is 617. The summed E-state index contributed by atoms with van der Waals surface area (Å²) in [6.07, 6.45) is 0.160. The molecule has 3 atom stereocenters. The molecule has 0 aromatic heterocycles. The summed E-state index contributed by atoms with van der Waals surface area (Å²) in [7, 11) is -3.78. The van der Waals surface area contributed by atoms with Crippen molar-refractivity contribution in [3.63, 3.8) is 0 Å². The van der Waals surface area contributed by atoms with Gasteiger partial charge >= 0.3 is 0 Å². The van der Waals surface area contributed by atoms with E-state index >= 15 is 0 Å². The Morgan fingerprint density at radius 1 is 0.815 bits per heavy atom. The highest BCUT2D eigenvalue weighted by Crippen LogP contribution is 2.43. The SMILES string of the molecule is CC(C)(C)[Si](C)(C)O[C@@H]1[C@@H](O[Si](C)(C)C(C)(C)C)CN[C@H]1c1ccccc1. The molecule has 0 bridgehead atoms. The molecule has 3 nitrogen and oxygen atoms in total. The monoisotopic (exact) mass is 407 g/mol. The van der Waals surface area contributed by atoms with Crippen LogP contribution in [0.15, 0.2) is 30.3 Å². The van der Waals surface area contributed by atoms with Crippen molar-refractivity contribution in [3.8, 4) is 0 Å². The fourth-order valence-corrected chi connectivity index (χ4v) is 5.63. The molecule has 1 N–H and O–H groups in total. The van der Waals surface area contributed by atoms with E-state index in [4.69, 9.17) is 8.85 Å². The molecule has 0 saturated carbocycles. The van der Waals surface area contributed by atoms with Crippen LogP contribution in [0.3, 0.4) is 0 Å². The quantitative estimate of drug-likeness (QED) is 0.597. The molecular formula is C22H41NO2Si2. The van der Waals surface area contributed by atoms with Gasteiger partial charge in [0, 0.05) is 6.54 Å². The van der Waals surface area contributed by atoms with Crippen molar-refractivity contribution in [2.24, 2.45) is 0 Å². The predicted molar refractivity (Wildman–Crippen MR) is 121 cm³/mol. The molecule has 1 saturated heterocycles. The first kappa shape index (κ1) is 22.8. The van der Waals surface area contributed by atoms with Gasteiger partial charge in [0.15, 0.2) is 16.6 Å². The lowest BCUT2D eigenvalue weighted by atomic mass is 10.0. The molecular weight excluding hydrogens is 366 g/mol. The minimum atomic E-state index is -1.91. The molecule has 1 fully saturated rings. The topological polar surface area (TPSA) is 30.5 Å². The third-order valence-corrected chi connectivity index (χ3v) is 15.9. The van der Waals surface area contributed by atoms with Gasteiger partial charge in [0.2, 0.25) is 0 Å². The van der Waals surface area contributed by atoms with E-state index in [0.717, 1.165) is 6.54 Å². The van der Waals surface area contributed by atoms with Crippen LogP contribution in [0.25, 0.3) is 0 Å². The van der Waals surface area contributed by atoms with E-state index in [9.17, 15) is 0 Å². The fraction of sp³-hybridized carbons (Fsp3) is 0.727. The Hall–Kier alpha value is -0.466. The van der Waals surface area contributed by atoms with Crippen molar-refractivity contribution < 1.29 is 8.85 Å². The van der Waals surface area contributed by atoms with Crippen molar-refractivity contribution in [2.75, 3.05) is 6.54 Å². The van der Waals surface area contributed by atoms with Crippen molar-refractivity contribution in [2.45, 2.75) is 96.1 Å². The second-order valence-electron chi connectivity index (χ2n) is 11.1. The molecule has 154 valence electrons. The standard InChI is InChI=1S/C22H41NO2Si2/c1-21(2,3)26(7,8)24-18-16-23-19(17-14-12-11-13-15-17)20(18)25-27(9,10)22(4,5)6/h11-15,18-20,23H,16H2,1-10H3/t18-,19-,20+/m0/s1. The maximum absolute atomic E-state index is 6.98. The lowest BCUT2D eigenvalue weighted by molar-refractivity contribution is 0.0551. The normalized spacial score (nSPS) is 25.0. The Labute approximate surface area is 169 Å². The van der Waals surface area contributed by atoms with Gasteiger partial charge < -0.3 is 14.2 Å². The Kier molecular flexibility index (Phi) is 6.55. The van der Waals surface area contributed by atoms with Crippen LogP contribution in [-0.2, 0) is 8.85 Å². The Morgan fingerprint density at radius 2 is 1.30 bits per heavy atom. The molecule has 1 aliphatic heterocycles. The van der Waals surface area contributed by atoms with Gasteiger partial charge in [0.1, 0.15) is 0 Å². The van der Waals surface area contributed by atoms with Gasteiger partial charge in [-0.05, 0) is 41.8 Å². The summed E-state index contributed by atoms with van der Waals surface area (Å²) >= 11 is 0. The molecule has 2 rings (SSSR count). The molecule has 0 aliphatic carbocycles. The van der Waals surface area contributed by atoms with Gasteiger partial charge in [0.25, 0.3) is 0 Å². The van der Waals surface area contributed by atoms with Gasteiger partial charge in [0.05, 0.1) is 18.2 Å². The summed E-state index contributed by atoms with van der Waals surface area (Å²) in [5.74, 6) is 0. The average Bonchev–Trinajstić information content (AvgIpc) is 2.87. The Balaban J connectivity index is 2.33. The predicted octanol–water partition coefficient (Wildman–Crippen LogP) is 6.11. The first-order chi connectivity index (χ1) is 12.2. The zero-order valence-electron chi connectivity index (χ0n) is 19.1. The van der Waals surface area contributed by atoms with Gasteiger partial charge in [-0.25, -0.2) is 0 Å².